The molecule has 0 bridgehead atoms. The summed E-state index contributed by atoms with van der Waals surface area (Å²) in [6, 6.07) is 4.18. The highest BCUT2D eigenvalue weighted by Gasteiger charge is 2.22. The second-order valence-corrected chi connectivity index (χ2v) is 3.64. The van der Waals surface area contributed by atoms with Crippen LogP contribution in [0.15, 0.2) is 23.8 Å². The van der Waals surface area contributed by atoms with Crippen molar-refractivity contribution in [3.8, 4) is 12.1 Å². The molecule has 16 heavy (non-hydrogen) atoms. The molecule has 0 saturated heterocycles. The summed E-state index contributed by atoms with van der Waals surface area (Å²) in [6.07, 6.45) is 3.25. The largest absolute Gasteiger partial charge is 0.267 e. The minimum Gasteiger partial charge on any atom is -0.267 e. The molecule has 6 heteroatoms. The molecule has 0 radical (unpaired) electrons. The third-order valence-electron chi connectivity index (χ3n) is 2.07. The average molecular weight is 218 g/mol. The minimum atomic E-state index is 0.456. The molecule has 0 aromatic rings. The van der Waals surface area contributed by atoms with Crippen molar-refractivity contribution in [2.75, 3.05) is 28.2 Å². The van der Waals surface area contributed by atoms with Gasteiger partial charge >= 0.3 is 0 Å². The first kappa shape index (κ1) is 12.1. The summed E-state index contributed by atoms with van der Waals surface area (Å²) in [6.45, 7) is 0. The van der Waals surface area contributed by atoms with Gasteiger partial charge in [-0.05, 0) is 0 Å². The Morgan fingerprint density at radius 2 is 1.19 bits per heavy atom. The zero-order chi connectivity index (χ0) is 12.3. The first-order valence-corrected chi connectivity index (χ1v) is 4.68. The van der Waals surface area contributed by atoms with Crippen LogP contribution in [0.2, 0.25) is 0 Å². The zero-order valence-electron chi connectivity index (χ0n) is 9.84. The second kappa shape index (κ2) is 4.67. The number of hydrazine groups is 2. The molecule has 0 aromatic carbocycles. The average Bonchev–Trinajstić information content (AvgIpc) is 2.26. The quantitative estimate of drug-likeness (QED) is 0.663. The van der Waals surface area contributed by atoms with E-state index in [0.717, 1.165) is 0 Å². The van der Waals surface area contributed by atoms with E-state index >= 15 is 0 Å². The number of allylic oxidation sites excluding steroid dienone is 2. The molecular weight excluding hydrogens is 204 g/mol. The number of nitrogens with zero attached hydrogens (tertiary/aromatic N) is 6. The van der Waals surface area contributed by atoms with E-state index in [4.69, 9.17) is 10.5 Å². The Kier molecular flexibility index (Phi) is 3.51. The minimum absolute atomic E-state index is 0.456. The molecular formula is C10H14N6. The van der Waals surface area contributed by atoms with E-state index in [1.807, 2.05) is 28.2 Å². The van der Waals surface area contributed by atoms with Crippen LogP contribution >= 0.6 is 0 Å². The van der Waals surface area contributed by atoms with Crippen LogP contribution in [-0.4, -0.2) is 48.2 Å². The van der Waals surface area contributed by atoms with E-state index in [2.05, 4.69) is 12.1 Å². The van der Waals surface area contributed by atoms with Gasteiger partial charge in [0.05, 0.1) is 12.4 Å². The van der Waals surface area contributed by atoms with Crippen molar-refractivity contribution in [1.82, 2.24) is 20.0 Å². The van der Waals surface area contributed by atoms with E-state index in [1.54, 1.807) is 32.4 Å². The molecule has 0 aromatic heterocycles. The van der Waals surface area contributed by atoms with Gasteiger partial charge in [0.25, 0.3) is 0 Å². The van der Waals surface area contributed by atoms with E-state index < -0.39 is 0 Å². The summed E-state index contributed by atoms with van der Waals surface area (Å²) >= 11 is 0. The first-order chi connectivity index (χ1) is 7.51. The van der Waals surface area contributed by atoms with Gasteiger partial charge in [-0.2, -0.15) is 10.5 Å². The smallest absolute Gasteiger partial charge is 0.153 e. The maximum Gasteiger partial charge on any atom is 0.153 e. The fourth-order valence-electron chi connectivity index (χ4n) is 1.31. The Labute approximate surface area is 95.4 Å². The molecule has 1 aliphatic rings. The zero-order valence-corrected chi connectivity index (χ0v) is 9.84. The van der Waals surface area contributed by atoms with E-state index in [9.17, 15) is 0 Å². The highest BCUT2D eigenvalue weighted by Crippen LogP contribution is 2.19. The Morgan fingerprint density at radius 1 is 0.875 bits per heavy atom. The summed E-state index contributed by atoms with van der Waals surface area (Å²) in [5, 5.41) is 24.8. The Bertz CT molecular complexity index is 366. The van der Waals surface area contributed by atoms with Crippen LogP contribution in [0.1, 0.15) is 0 Å². The van der Waals surface area contributed by atoms with E-state index in [0.29, 0.717) is 11.4 Å². The first-order valence-electron chi connectivity index (χ1n) is 4.68. The van der Waals surface area contributed by atoms with Crippen LogP contribution in [0.3, 0.4) is 0 Å². The number of hydrogen-bond donors (Lipinski definition) is 0. The lowest BCUT2D eigenvalue weighted by Crippen LogP contribution is -2.40. The van der Waals surface area contributed by atoms with Gasteiger partial charge in [0, 0.05) is 28.2 Å². The highest BCUT2D eigenvalue weighted by molar-refractivity contribution is 5.32. The lowest BCUT2D eigenvalue weighted by Gasteiger charge is -2.35. The van der Waals surface area contributed by atoms with Crippen molar-refractivity contribution >= 4 is 0 Å². The third kappa shape index (κ3) is 2.14. The van der Waals surface area contributed by atoms with Crippen molar-refractivity contribution in [3.05, 3.63) is 23.8 Å². The molecule has 0 fully saturated rings. The van der Waals surface area contributed by atoms with Crippen molar-refractivity contribution in [1.29, 1.82) is 10.5 Å². The van der Waals surface area contributed by atoms with Crippen molar-refractivity contribution < 1.29 is 0 Å². The fraction of sp³-hybridized carbons (Fsp3) is 0.400. The molecule has 0 aliphatic carbocycles. The molecule has 1 heterocycles. The summed E-state index contributed by atoms with van der Waals surface area (Å²) in [5.41, 5.74) is 0.912. The second-order valence-electron chi connectivity index (χ2n) is 3.64. The van der Waals surface area contributed by atoms with Crippen LogP contribution in [0.5, 0.6) is 0 Å². The monoisotopic (exact) mass is 218 g/mol. The third-order valence-corrected chi connectivity index (χ3v) is 2.07. The lowest BCUT2D eigenvalue weighted by atomic mass is 10.3. The van der Waals surface area contributed by atoms with Crippen LogP contribution in [0, 0.1) is 22.7 Å². The molecule has 0 amide bonds. The van der Waals surface area contributed by atoms with Crippen LogP contribution < -0.4 is 0 Å². The van der Waals surface area contributed by atoms with Gasteiger partial charge in [-0.15, -0.1) is 0 Å². The lowest BCUT2D eigenvalue weighted by molar-refractivity contribution is 0.0792. The van der Waals surface area contributed by atoms with Crippen LogP contribution in [0.25, 0.3) is 0 Å². The van der Waals surface area contributed by atoms with Gasteiger partial charge in [-0.3, -0.25) is 10.0 Å². The number of rotatable bonds is 2. The maximum absolute atomic E-state index is 9.02. The summed E-state index contributed by atoms with van der Waals surface area (Å²) < 4.78 is 0. The van der Waals surface area contributed by atoms with Gasteiger partial charge in [-0.25, -0.2) is 10.0 Å². The van der Waals surface area contributed by atoms with E-state index in [1.165, 1.54) is 0 Å². The molecule has 1 rings (SSSR count). The molecule has 0 N–H and O–H groups in total. The Balaban J connectivity index is 3.14. The molecule has 0 saturated carbocycles. The van der Waals surface area contributed by atoms with Gasteiger partial charge in [0.15, 0.2) is 11.4 Å². The van der Waals surface area contributed by atoms with Gasteiger partial charge < -0.3 is 0 Å². The normalized spacial score (nSPS) is 15.8. The topological polar surface area (TPSA) is 60.5 Å². The highest BCUT2D eigenvalue weighted by atomic mass is 15.7. The molecule has 84 valence electrons. The standard InChI is InChI=1S/C10H14N6/c1-13(2)15-7-10(6-12)16(14(3)4)8-9(15)5-11/h7-8H,1-4H3. The van der Waals surface area contributed by atoms with Crippen LogP contribution in [0.4, 0.5) is 0 Å². The van der Waals surface area contributed by atoms with Gasteiger partial charge in [0.1, 0.15) is 12.1 Å². The molecule has 1 aliphatic heterocycles. The summed E-state index contributed by atoms with van der Waals surface area (Å²) in [7, 11) is 7.23. The fourth-order valence-corrected chi connectivity index (χ4v) is 1.31. The SMILES string of the molecule is CN(C)N1C=C(C#N)N(N(C)C)C=C1C#N. The number of hydrogen-bond acceptors (Lipinski definition) is 6. The van der Waals surface area contributed by atoms with Crippen LogP contribution in [-0.2, 0) is 0 Å². The summed E-state index contributed by atoms with van der Waals surface area (Å²) in [5.74, 6) is 0. The van der Waals surface area contributed by atoms with Crippen molar-refractivity contribution in [2.45, 2.75) is 0 Å². The Morgan fingerprint density at radius 3 is 1.38 bits per heavy atom. The predicted molar refractivity (Wildman–Crippen MR) is 58.4 cm³/mol. The number of nitriles is 2. The Hall–Kier alpha value is -2.02. The molecule has 6 nitrogen and oxygen atoms in total. The van der Waals surface area contributed by atoms with Crippen molar-refractivity contribution in [3.63, 3.8) is 0 Å². The summed E-state index contributed by atoms with van der Waals surface area (Å²) in [4.78, 5) is 0. The molecule has 0 unspecified atom stereocenters. The van der Waals surface area contributed by atoms with Crippen molar-refractivity contribution in [2.24, 2.45) is 0 Å². The molecule has 0 spiro atoms. The predicted octanol–water partition coefficient (Wildman–Crippen LogP) is 0.287. The van der Waals surface area contributed by atoms with Gasteiger partial charge in [-0.1, -0.05) is 0 Å². The van der Waals surface area contributed by atoms with E-state index in [-0.39, 0.29) is 0 Å². The maximum atomic E-state index is 9.02. The van der Waals surface area contributed by atoms with Gasteiger partial charge in [0.2, 0.25) is 0 Å². The molecule has 0 atom stereocenters.